The smallest absolute Gasteiger partial charge is 0.229 e. The number of anilines is 5. The van der Waals surface area contributed by atoms with Crippen LogP contribution in [-0.2, 0) is 4.74 Å². The molecule has 190 valence electrons. The maximum atomic E-state index is 6.13. The molecule has 0 radical (unpaired) electrons. The van der Waals surface area contributed by atoms with Crippen LogP contribution in [0.3, 0.4) is 0 Å². The first kappa shape index (κ1) is 23.7. The molecule has 1 aromatic carbocycles. The zero-order chi connectivity index (χ0) is 25.2. The Hall–Kier alpha value is -3.73. The van der Waals surface area contributed by atoms with Gasteiger partial charge in [-0.2, -0.15) is 4.98 Å². The largest absolute Gasteiger partial charge is 0.494 e. The second kappa shape index (κ2) is 10.3. The maximum absolute atomic E-state index is 6.13. The molecule has 2 aliphatic heterocycles. The van der Waals surface area contributed by atoms with E-state index in [2.05, 4.69) is 40.4 Å². The number of piperazine rings is 1. The minimum atomic E-state index is 0.422. The number of ether oxygens (including phenoxy) is 2. The molecular formula is C26H27ClN8O2. The van der Waals surface area contributed by atoms with E-state index in [1.54, 1.807) is 31.8 Å². The van der Waals surface area contributed by atoms with Gasteiger partial charge >= 0.3 is 0 Å². The highest BCUT2D eigenvalue weighted by Gasteiger charge is 2.29. The number of benzene rings is 1. The van der Waals surface area contributed by atoms with E-state index in [0.29, 0.717) is 34.3 Å². The number of nitrogens with zero attached hydrogens (tertiary/aromatic N) is 6. The van der Waals surface area contributed by atoms with Crippen LogP contribution >= 0.6 is 11.6 Å². The predicted octanol–water partition coefficient (Wildman–Crippen LogP) is 4.09. The molecule has 0 amide bonds. The third-order valence-corrected chi connectivity index (χ3v) is 6.90. The topological polar surface area (TPSA) is 101 Å². The third-order valence-electron chi connectivity index (χ3n) is 6.66. The monoisotopic (exact) mass is 518 g/mol. The Kier molecular flexibility index (Phi) is 6.60. The van der Waals surface area contributed by atoms with Crippen molar-refractivity contribution in [2.24, 2.45) is 0 Å². The zero-order valence-corrected chi connectivity index (χ0v) is 21.1. The summed E-state index contributed by atoms with van der Waals surface area (Å²) in [4.78, 5) is 22.9. The van der Waals surface area contributed by atoms with Crippen molar-refractivity contribution in [3.63, 3.8) is 0 Å². The maximum Gasteiger partial charge on any atom is 0.229 e. The van der Waals surface area contributed by atoms with Crippen LogP contribution in [0.1, 0.15) is 0 Å². The number of pyridine rings is 2. The molecule has 0 atom stereocenters. The molecule has 10 nitrogen and oxygen atoms in total. The highest BCUT2D eigenvalue weighted by atomic mass is 35.5. The van der Waals surface area contributed by atoms with E-state index in [1.807, 2.05) is 30.3 Å². The van der Waals surface area contributed by atoms with Crippen LogP contribution in [0.25, 0.3) is 10.9 Å². The van der Waals surface area contributed by atoms with E-state index in [4.69, 9.17) is 21.1 Å². The van der Waals surface area contributed by atoms with Crippen molar-refractivity contribution in [3.05, 3.63) is 60.0 Å². The number of aromatic nitrogens is 4. The number of fused-ring (bicyclic) bond motifs is 1. The lowest BCUT2D eigenvalue weighted by Crippen LogP contribution is -2.56. The zero-order valence-electron chi connectivity index (χ0n) is 20.4. The molecule has 2 fully saturated rings. The summed E-state index contributed by atoms with van der Waals surface area (Å²) in [6.07, 6.45) is 5.21. The normalized spacial score (nSPS) is 16.4. The summed E-state index contributed by atoms with van der Waals surface area (Å²) in [6.45, 7) is 5.55. The molecule has 37 heavy (non-hydrogen) atoms. The number of hydrogen-bond acceptors (Lipinski definition) is 10. The Morgan fingerprint density at radius 1 is 0.973 bits per heavy atom. The van der Waals surface area contributed by atoms with Gasteiger partial charge in [-0.15, -0.1) is 0 Å². The van der Waals surface area contributed by atoms with Gasteiger partial charge in [-0.1, -0.05) is 11.6 Å². The van der Waals surface area contributed by atoms with E-state index >= 15 is 0 Å². The van der Waals surface area contributed by atoms with Gasteiger partial charge in [0.2, 0.25) is 5.95 Å². The lowest BCUT2D eigenvalue weighted by molar-refractivity contribution is -0.0661. The fourth-order valence-corrected chi connectivity index (χ4v) is 4.72. The van der Waals surface area contributed by atoms with Crippen molar-refractivity contribution in [2.75, 3.05) is 62.0 Å². The van der Waals surface area contributed by atoms with Crippen LogP contribution in [0.5, 0.6) is 5.75 Å². The summed E-state index contributed by atoms with van der Waals surface area (Å²) in [5.41, 5.74) is 2.36. The van der Waals surface area contributed by atoms with E-state index in [0.717, 1.165) is 61.8 Å². The van der Waals surface area contributed by atoms with Crippen LogP contribution in [0, 0.1) is 0 Å². The molecule has 0 spiro atoms. The summed E-state index contributed by atoms with van der Waals surface area (Å²) in [6, 6.07) is 11.9. The Labute approximate surface area is 219 Å². The standard InChI is InChI=1S/C26H27ClN8O2/c1-36-23-12-25(35-8-6-34(7-9-35)20-15-37-16-20)30-14-22(23)32-26-28-5-4-24(33-26)31-19-11-17-10-18(27)2-3-21(17)29-13-19/h2-5,10-14,20H,6-9,15-16H2,1H3,(H2,28,31,32,33). The second-order valence-electron chi connectivity index (χ2n) is 9.03. The van der Waals surface area contributed by atoms with Gasteiger partial charge in [0.1, 0.15) is 23.1 Å². The molecule has 0 unspecified atom stereocenters. The summed E-state index contributed by atoms with van der Waals surface area (Å²) < 4.78 is 11.0. The van der Waals surface area contributed by atoms with Gasteiger partial charge in [-0.05, 0) is 30.3 Å². The SMILES string of the molecule is COc1cc(N2CCN(C3COC3)CC2)ncc1Nc1nccc(Nc2cnc3ccc(Cl)cc3c2)n1. The summed E-state index contributed by atoms with van der Waals surface area (Å²) in [5.74, 6) is 2.62. The van der Waals surface area contributed by atoms with Crippen LogP contribution in [0.15, 0.2) is 55.0 Å². The second-order valence-corrected chi connectivity index (χ2v) is 9.47. The summed E-state index contributed by atoms with van der Waals surface area (Å²) in [7, 11) is 1.65. The number of nitrogens with one attached hydrogen (secondary N) is 2. The fourth-order valence-electron chi connectivity index (χ4n) is 4.54. The van der Waals surface area contributed by atoms with Gasteiger partial charge in [0.15, 0.2) is 0 Å². The fraction of sp³-hybridized carbons (Fsp3) is 0.308. The number of hydrogen-bond donors (Lipinski definition) is 2. The lowest BCUT2D eigenvalue weighted by Gasteiger charge is -2.42. The number of halogens is 1. The van der Waals surface area contributed by atoms with Gasteiger partial charge in [0.25, 0.3) is 0 Å². The van der Waals surface area contributed by atoms with Gasteiger partial charge in [0, 0.05) is 48.9 Å². The quantitative estimate of drug-likeness (QED) is 0.372. The Bertz CT molecular complexity index is 1410. The molecule has 2 N–H and O–H groups in total. The molecule has 4 aromatic rings. The number of methoxy groups -OCH3 is 1. The third kappa shape index (κ3) is 5.22. The predicted molar refractivity (Wildman–Crippen MR) is 145 cm³/mol. The van der Waals surface area contributed by atoms with Crippen LogP contribution in [0.2, 0.25) is 5.02 Å². The summed E-state index contributed by atoms with van der Waals surface area (Å²) >= 11 is 6.13. The molecule has 0 aliphatic carbocycles. The first-order chi connectivity index (χ1) is 18.1. The van der Waals surface area contributed by atoms with E-state index in [-0.39, 0.29) is 0 Å². The molecule has 3 aromatic heterocycles. The number of rotatable bonds is 7. The molecule has 2 saturated heterocycles. The van der Waals surface area contributed by atoms with Gasteiger partial charge in [-0.25, -0.2) is 9.97 Å². The van der Waals surface area contributed by atoms with Crippen LogP contribution < -0.4 is 20.3 Å². The van der Waals surface area contributed by atoms with Gasteiger partial charge in [0.05, 0.1) is 50.0 Å². The van der Waals surface area contributed by atoms with Crippen molar-refractivity contribution in [3.8, 4) is 5.75 Å². The van der Waals surface area contributed by atoms with E-state index in [9.17, 15) is 0 Å². The minimum Gasteiger partial charge on any atom is -0.494 e. The molecule has 11 heteroatoms. The molecule has 5 heterocycles. The van der Waals surface area contributed by atoms with Gasteiger partial charge in [-0.3, -0.25) is 9.88 Å². The molecule has 6 rings (SSSR count). The first-order valence-electron chi connectivity index (χ1n) is 12.2. The Morgan fingerprint density at radius 3 is 2.62 bits per heavy atom. The Balaban J connectivity index is 1.14. The van der Waals surface area contributed by atoms with Crippen LogP contribution in [0.4, 0.5) is 29.0 Å². The summed E-state index contributed by atoms with van der Waals surface area (Å²) in [5, 5.41) is 8.12. The van der Waals surface area contributed by atoms with Crippen molar-refractivity contribution >= 4 is 51.5 Å². The highest BCUT2D eigenvalue weighted by Crippen LogP contribution is 2.30. The van der Waals surface area contributed by atoms with Crippen molar-refractivity contribution in [1.82, 2.24) is 24.8 Å². The molecule has 0 bridgehead atoms. The van der Waals surface area contributed by atoms with E-state index < -0.39 is 0 Å². The molecule has 2 aliphatic rings. The molecule has 0 saturated carbocycles. The molecular weight excluding hydrogens is 492 g/mol. The Morgan fingerprint density at radius 2 is 1.84 bits per heavy atom. The van der Waals surface area contributed by atoms with Crippen molar-refractivity contribution < 1.29 is 9.47 Å². The average molecular weight is 519 g/mol. The first-order valence-corrected chi connectivity index (χ1v) is 12.6. The van der Waals surface area contributed by atoms with Crippen molar-refractivity contribution in [1.29, 1.82) is 0 Å². The van der Waals surface area contributed by atoms with Gasteiger partial charge < -0.3 is 25.0 Å². The minimum absolute atomic E-state index is 0.422. The van der Waals surface area contributed by atoms with Crippen LogP contribution in [-0.4, -0.2) is 77.4 Å². The van der Waals surface area contributed by atoms with Crippen molar-refractivity contribution in [2.45, 2.75) is 6.04 Å². The van der Waals surface area contributed by atoms with E-state index in [1.165, 1.54) is 0 Å². The lowest BCUT2D eigenvalue weighted by atomic mass is 10.2. The highest BCUT2D eigenvalue weighted by molar-refractivity contribution is 6.31. The average Bonchev–Trinajstić information content (AvgIpc) is 2.88.